The highest BCUT2D eigenvalue weighted by Crippen LogP contribution is 2.41. The molecular weight excluding hydrogens is 264 g/mol. The second-order valence-electron chi connectivity index (χ2n) is 5.62. The molecule has 0 saturated heterocycles. The smallest absolute Gasteiger partial charge is 0.200 e. The number of rotatable bonds is 10. The first-order valence-corrected chi connectivity index (χ1v) is 8.35. The summed E-state index contributed by atoms with van der Waals surface area (Å²) in [6, 6.07) is 1.69. The van der Waals surface area contributed by atoms with Gasteiger partial charge in [-0.15, -0.1) is 0 Å². The lowest BCUT2D eigenvalue weighted by atomic mass is 9.97. The molecule has 0 atom stereocenters. The van der Waals surface area contributed by atoms with Crippen LogP contribution in [-0.2, 0) is 12.8 Å². The van der Waals surface area contributed by atoms with Gasteiger partial charge in [0, 0.05) is 5.56 Å². The van der Waals surface area contributed by atoms with Crippen molar-refractivity contribution in [1.82, 2.24) is 0 Å². The van der Waals surface area contributed by atoms with Crippen LogP contribution in [0.2, 0.25) is 0 Å². The molecule has 0 amide bonds. The summed E-state index contributed by atoms with van der Waals surface area (Å²) < 4.78 is 5.82. The van der Waals surface area contributed by atoms with Crippen LogP contribution >= 0.6 is 0 Å². The van der Waals surface area contributed by atoms with Crippen molar-refractivity contribution in [2.45, 2.75) is 72.1 Å². The lowest BCUT2D eigenvalue weighted by Gasteiger charge is -2.17. The Morgan fingerprint density at radius 1 is 0.905 bits per heavy atom. The van der Waals surface area contributed by atoms with Gasteiger partial charge in [-0.1, -0.05) is 52.9 Å². The van der Waals surface area contributed by atoms with E-state index in [-0.39, 0.29) is 11.5 Å². The Kier molecular flexibility index (Phi) is 8.03. The predicted molar refractivity (Wildman–Crippen MR) is 87.4 cm³/mol. The molecule has 0 heterocycles. The summed E-state index contributed by atoms with van der Waals surface area (Å²) in [5.41, 5.74) is 2.16. The summed E-state index contributed by atoms with van der Waals surface area (Å²) in [6.07, 6.45) is 8.29. The van der Waals surface area contributed by atoms with E-state index in [1.165, 1.54) is 12.8 Å². The molecule has 1 rings (SSSR count). The highest BCUT2D eigenvalue weighted by Gasteiger charge is 2.18. The number of hydrogen-bond acceptors (Lipinski definition) is 3. The molecule has 3 nitrogen and oxygen atoms in total. The van der Waals surface area contributed by atoms with Crippen molar-refractivity contribution < 1.29 is 14.9 Å². The average molecular weight is 294 g/mol. The van der Waals surface area contributed by atoms with Crippen LogP contribution in [0.1, 0.15) is 70.4 Å². The topological polar surface area (TPSA) is 49.7 Å². The van der Waals surface area contributed by atoms with E-state index in [1.807, 2.05) is 0 Å². The molecule has 120 valence electrons. The minimum Gasteiger partial charge on any atom is -0.504 e. The normalized spacial score (nSPS) is 10.8. The van der Waals surface area contributed by atoms with Gasteiger partial charge < -0.3 is 14.9 Å². The molecule has 0 aliphatic carbocycles. The van der Waals surface area contributed by atoms with Crippen molar-refractivity contribution in [2.24, 2.45) is 0 Å². The van der Waals surface area contributed by atoms with Gasteiger partial charge in [-0.05, 0) is 30.9 Å². The van der Waals surface area contributed by atoms with Gasteiger partial charge in [0.25, 0.3) is 0 Å². The van der Waals surface area contributed by atoms with Crippen molar-refractivity contribution in [3.63, 3.8) is 0 Å². The van der Waals surface area contributed by atoms with Crippen molar-refractivity contribution >= 4 is 0 Å². The summed E-state index contributed by atoms with van der Waals surface area (Å²) in [5.74, 6) is 0.326. The van der Waals surface area contributed by atoms with Crippen LogP contribution in [0.15, 0.2) is 6.07 Å². The third kappa shape index (κ3) is 5.14. The Balaban J connectivity index is 2.91. The molecule has 0 bridgehead atoms. The van der Waals surface area contributed by atoms with Crippen LogP contribution in [0.5, 0.6) is 17.2 Å². The first-order chi connectivity index (χ1) is 10.2. The molecule has 2 N–H and O–H groups in total. The first kappa shape index (κ1) is 17.7. The van der Waals surface area contributed by atoms with E-state index in [1.54, 1.807) is 6.07 Å². The third-order valence-corrected chi connectivity index (χ3v) is 3.69. The Bertz CT molecular complexity index is 427. The molecule has 21 heavy (non-hydrogen) atoms. The van der Waals surface area contributed by atoms with Gasteiger partial charge >= 0.3 is 0 Å². The molecular formula is C18H30O3. The van der Waals surface area contributed by atoms with Gasteiger partial charge in [0.15, 0.2) is 11.5 Å². The van der Waals surface area contributed by atoms with E-state index in [0.717, 1.165) is 49.7 Å². The number of aryl methyl sites for hydroxylation is 1. The molecule has 3 heteroatoms. The summed E-state index contributed by atoms with van der Waals surface area (Å²) >= 11 is 0. The van der Waals surface area contributed by atoms with Crippen LogP contribution in [0.25, 0.3) is 0 Å². The number of phenolic OH excluding ortho intramolecular Hbond substituents is 2. The fourth-order valence-electron chi connectivity index (χ4n) is 2.60. The van der Waals surface area contributed by atoms with E-state index < -0.39 is 0 Å². The fraction of sp³-hybridized carbons (Fsp3) is 0.667. The molecule has 1 aromatic carbocycles. The molecule has 0 unspecified atom stereocenters. The first-order valence-electron chi connectivity index (χ1n) is 8.35. The number of benzene rings is 1. The minimum absolute atomic E-state index is 0.0677. The SMILES string of the molecule is CCCCCCOc1c(O)c(O)cc(CCC)c1CCC. The monoisotopic (exact) mass is 294 g/mol. The summed E-state index contributed by atoms with van der Waals surface area (Å²) in [4.78, 5) is 0. The van der Waals surface area contributed by atoms with Gasteiger partial charge in [0.2, 0.25) is 5.75 Å². The van der Waals surface area contributed by atoms with Crippen molar-refractivity contribution in [3.8, 4) is 17.2 Å². The zero-order valence-corrected chi connectivity index (χ0v) is 13.7. The van der Waals surface area contributed by atoms with Crippen molar-refractivity contribution in [1.29, 1.82) is 0 Å². The maximum Gasteiger partial charge on any atom is 0.200 e. The maximum absolute atomic E-state index is 10.1. The van der Waals surface area contributed by atoms with Gasteiger partial charge in [0.05, 0.1) is 6.61 Å². The minimum atomic E-state index is -0.103. The van der Waals surface area contributed by atoms with E-state index in [0.29, 0.717) is 12.4 Å². The maximum atomic E-state index is 10.1. The van der Waals surface area contributed by atoms with E-state index in [4.69, 9.17) is 4.74 Å². The van der Waals surface area contributed by atoms with Gasteiger partial charge in [0.1, 0.15) is 0 Å². The van der Waals surface area contributed by atoms with Crippen molar-refractivity contribution in [3.05, 3.63) is 17.2 Å². The second kappa shape index (κ2) is 9.54. The molecule has 0 spiro atoms. The molecule has 0 radical (unpaired) electrons. The van der Waals surface area contributed by atoms with Crippen LogP contribution in [-0.4, -0.2) is 16.8 Å². The zero-order valence-electron chi connectivity index (χ0n) is 13.7. The summed E-state index contributed by atoms with van der Waals surface area (Å²) in [5, 5.41) is 20.0. The van der Waals surface area contributed by atoms with Crippen LogP contribution in [0, 0.1) is 0 Å². The number of ether oxygens (including phenoxy) is 1. The molecule has 1 aromatic rings. The number of unbranched alkanes of at least 4 members (excludes halogenated alkanes) is 3. The van der Waals surface area contributed by atoms with E-state index >= 15 is 0 Å². The molecule has 0 aliphatic heterocycles. The Hall–Kier alpha value is -1.38. The Labute approximate surface area is 129 Å². The standard InChI is InChI=1S/C18H30O3/c1-4-7-8-9-12-21-18-15(11-6-3)14(10-5-2)13-16(19)17(18)20/h13,19-20H,4-12H2,1-3H3. The van der Waals surface area contributed by atoms with Gasteiger partial charge in [-0.2, -0.15) is 0 Å². The van der Waals surface area contributed by atoms with Gasteiger partial charge in [-0.25, -0.2) is 0 Å². The fourth-order valence-corrected chi connectivity index (χ4v) is 2.60. The van der Waals surface area contributed by atoms with Crippen LogP contribution in [0.4, 0.5) is 0 Å². The van der Waals surface area contributed by atoms with Crippen molar-refractivity contribution in [2.75, 3.05) is 6.61 Å². The van der Waals surface area contributed by atoms with E-state index in [9.17, 15) is 10.2 Å². The molecule has 0 fully saturated rings. The third-order valence-electron chi connectivity index (χ3n) is 3.69. The zero-order chi connectivity index (χ0) is 15.7. The second-order valence-corrected chi connectivity index (χ2v) is 5.62. The predicted octanol–water partition coefficient (Wildman–Crippen LogP) is 4.96. The van der Waals surface area contributed by atoms with Gasteiger partial charge in [-0.3, -0.25) is 0 Å². The summed E-state index contributed by atoms with van der Waals surface area (Å²) in [6.45, 7) is 7.01. The number of phenols is 2. The Morgan fingerprint density at radius 2 is 1.62 bits per heavy atom. The van der Waals surface area contributed by atoms with Crippen LogP contribution in [0.3, 0.4) is 0 Å². The molecule has 0 aromatic heterocycles. The number of hydrogen-bond donors (Lipinski definition) is 2. The summed E-state index contributed by atoms with van der Waals surface area (Å²) in [7, 11) is 0. The average Bonchev–Trinajstić information content (AvgIpc) is 2.47. The van der Waals surface area contributed by atoms with Crippen LogP contribution < -0.4 is 4.74 Å². The molecule has 0 aliphatic rings. The quantitative estimate of drug-likeness (QED) is 0.473. The van der Waals surface area contributed by atoms with E-state index in [2.05, 4.69) is 20.8 Å². The largest absolute Gasteiger partial charge is 0.504 e. The Morgan fingerprint density at radius 3 is 2.24 bits per heavy atom. The molecule has 0 saturated carbocycles. The highest BCUT2D eigenvalue weighted by atomic mass is 16.5. The number of aromatic hydroxyl groups is 2. The lowest BCUT2D eigenvalue weighted by Crippen LogP contribution is -2.04. The lowest BCUT2D eigenvalue weighted by molar-refractivity contribution is 0.280. The highest BCUT2D eigenvalue weighted by molar-refractivity contribution is 5.57.